The van der Waals surface area contributed by atoms with E-state index in [0.29, 0.717) is 35.0 Å². The van der Waals surface area contributed by atoms with E-state index >= 15 is 0 Å². The van der Waals surface area contributed by atoms with Gasteiger partial charge in [-0.25, -0.2) is 10.2 Å². The summed E-state index contributed by atoms with van der Waals surface area (Å²) < 4.78 is 21.6. The second kappa shape index (κ2) is 12.8. The molecule has 0 radical (unpaired) electrons. The predicted molar refractivity (Wildman–Crippen MR) is 133 cm³/mol. The first-order chi connectivity index (χ1) is 17.0. The van der Waals surface area contributed by atoms with Gasteiger partial charge >= 0.3 is 5.97 Å². The zero-order chi connectivity index (χ0) is 25.0. The molecular formula is C27H28N2O6. The van der Waals surface area contributed by atoms with Crippen molar-refractivity contribution in [3.8, 4) is 23.0 Å². The van der Waals surface area contributed by atoms with E-state index in [1.807, 2.05) is 31.2 Å². The van der Waals surface area contributed by atoms with Crippen molar-refractivity contribution in [2.24, 2.45) is 5.10 Å². The maximum absolute atomic E-state index is 12.5. The number of amides is 1. The summed E-state index contributed by atoms with van der Waals surface area (Å²) in [7, 11) is 1.47. The van der Waals surface area contributed by atoms with Gasteiger partial charge in [0.1, 0.15) is 11.5 Å². The van der Waals surface area contributed by atoms with Crippen molar-refractivity contribution in [1.29, 1.82) is 0 Å². The molecule has 0 aromatic heterocycles. The molecule has 8 heteroatoms. The highest BCUT2D eigenvalue weighted by Gasteiger charge is 2.13. The van der Waals surface area contributed by atoms with Gasteiger partial charge in [-0.2, -0.15) is 5.10 Å². The number of benzene rings is 3. The molecule has 0 unspecified atom stereocenters. The third-order valence-corrected chi connectivity index (χ3v) is 4.90. The van der Waals surface area contributed by atoms with Gasteiger partial charge in [-0.3, -0.25) is 4.79 Å². The van der Waals surface area contributed by atoms with Crippen molar-refractivity contribution >= 4 is 18.1 Å². The van der Waals surface area contributed by atoms with Gasteiger partial charge in [0, 0.05) is 0 Å². The predicted octanol–water partition coefficient (Wildman–Crippen LogP) is 4.40. The topological polar surface area (TPSA) is 95.5 Å². The molecule has 3 aromatic carbocycles. The number of carbonyl (C=O) groups excluding carboxylic acids is 2. The molecule has 0 aliphatic carbocycles. The molecule has 0 aliphatic heterocycles. The first kappa shape index (κ1) is 25.3. The number of ether oxygens (including phenoxy) is 4. The van der Waals surface area contributed by atoms with Gasteiger partial charge in [0.15, 0.2) is 18.1 Å². The normalized spacial score (nSPS) is 10.6. The highest BCUT2D eigenvalue weighted by Crippen LogP contribution is 2.28. The summed E-state index contributed by atoms with van der Waals surface area (Å²) in [5.41, 5.74) is 4.63. The largest absolute Gasteiger partial charge is 0.494 e. The second-order valence-electron chi connectivity index (χ2n) is 7.34. The molecule has 1 N–H and O–H groups in total. The van der Waals surface area contributed by atoms with E-state index < -0.39 is 11.9 Å². The van der Waals surface area contributed by atoms with E-state index in [0.717, 1.165) is 6.42 Å². The summed E-state index contributed by atoms with van der Waals surface area (Å²) in [6.07, 6.45) is 2.39. The molecule has 0 heterocycles. The van der Waals surface area contributed by atoms with Gasteiger partial charge in [-0.1, -0.05) is 19.1 Å². The Morgan fingerprint density at radius 1 is 0.886 bits per heavy atom. The number of aryl methyl sites for hydroxylation is 1. The minimum absolute atomic E-state index is 0.160. The van der Waals surface area contributed by atoms with Crippen molar-refractivity contribution in [3.05, 3.63) is 83.4 Å². The summed E-state index contributed by atoms with van der Waals surface area (Å²) >= 11 is 0. The molecule has 0 saturated heterocycles. The molecule has 0 bridgehead atoms. The van der Waals surface area contributed by atoms with Crippen LogP contribution in [0.2, 0.25) is 0 Å². The quantitative estimate of drug-likeness (QED) is 0.191. The lowest BCUT2D eigenvalue weighted by molar-refractivity contribution is -0.123. The number of methoxy groups -OCH3 is 1. The fourth-order valence-corrected chi connectivity index (χ4v) is 3.04. The summed E-state index contributed by atoms with van der Waals surface area (Å²) in [5.74, 6) is 0.975. The zero-order valence-electron chi connectivity index (χ0n) is 19.9. The van der Waals surface area contributed by atoms with E-state index in [4.69, 9.17) is 18.9 Å². The fraction of sp³-hybridized carbons (Fsp3) is 0.222. The van der Waals surface area contributed by atoms with E-state index in [2.05, 4.69) is 17.5 Å². The molecule has 0 aliphatic rings. The Hall–Kier alpha value is -4.33. The van der Waals surface area contributed by atoms with Crippen LogP contribution in [0.3, 0.4) is 0 Å². The smallest absolute Gasteiger partial charge is 0.343 e. The number of hydrogen-bond donors (Lipinski definition) is 1. The first-order valence-corrected chi connectivity index (χ1v) is 11.2. The maximum atomic E-state index is 12.5. The van der Waals surface area contributed by atoms with Crippen LogP contribution < -0.4 is 24.4 Å². The summed E-state index contributed by atoms with van der Waals surface area (Å²) in [6, 6.07) is 19.2. The van der Waals surface area contributed by atoms with Crippen molar-refractivity contribution in [2.45, 2.75) is 20.3 Å². The van der Waals surface area contributed by atoms with Gasteiger partial charge in [0.25, 0.3) is 5.91 Å². The minimum atomic E-state index is -0.524. The summed E-state index contributed by atoms with van der Waals surface area (Å²) in [6.45, 7) is 4.34. The fourth-order valence-electron chi connectivity index (χ4n) is 3.04. The van der Waals surface area contributed by atoms with Crippen LogP contribution in [-0.4, -0.2) is 38.4 Å². The van der Waals surface area contributed by atoms with E-state index in [9.17, 15) is 9.59 Å². The molecule has 0 fully saturated rings. The Labute approximate surface area is 204 Å². The molecule has 0 saturated carbocycles. The molecule has 0 atom stereocenters. The molecule has 35 heavy (non-hydrogen) atoms. The van der Waals surface area contributed by atoms with Crippen molar-refractivity contribution in [2.75, 3.05) is 20.3 Å². The summed E-state index contributed by atoms with van der Waals surface area (Å²) in [5, 5.41) is 3.94. The Bertz CT molecular complexity index is 1160. The number of hydrogen-bond acceptors (Lipinski definition) is 7. The van der Waals surface area contributed by atoms with Crippen LogP contribution in [-0.2, 0) is 11.2 Å². The van der Waals surface area contributed by atoms with Gasteiger partial charge in [0.2, 0.25) is 0 Å². The van der Waals surface area contributed by atoms with Crippen molar-refractivity contribution in [3.63, 3.8) is 0 Å². The Balaban J connectivity index is 1.53. The molecule has 3 aromatic rings. The monoisotopic (exact) mass is 476 g/mol. The van der Waals surface area contributed by atoms with Gasteiger partial charge < -0.3 is 18.9 Å². The number of nitrogens with zero attached hydrogens (tertiary/aromatic N) is 1. The second-order valence-corrected chi connectivity index (χ2v) is 7.34. The number of carbonyl (C=O) groups is 2. The number of rotatable bonds is 11. The first-order valence-electron chi connectivity index (χ1n) is 11.2. The van der Waals surface area contributed by atoms with Crippen molar-refractivity contribution < 1.29 is 28.5 Å². The molecule has 1 amide bonds. The van der Waals surface area contributed by atoms with Crippen LogP contribution in [0.1, 0.15) is 35.3 Å². The lowest BCUT2D eigenvalue weighted by Gasteiger charge is -2.10. The van der Waals surface area contributed by atoms with Crippen LogP contribution in [0.4, 0.5) is 0 Å². The van der Waals surface area contributed by atoms with Crippen LogP contribution in [0.5, 0.6) is 23.0 Å². The molecule has 0 spiro atoms. The lowest BCUT2D eigenvalue weighted by Crippen LogP contribution is -2.24. The van der Waals surface area contributed by atoms with Crippen molar-refractivity contribution in [1.82, 2.24) is 5.43 Å². The van der Waals surface area contributed by atoms with Crippen LogP contribution in [0, 0.1) is 0 Å². The SMILES string of the molecule is CCOc1ccc(C(=O)Oc2ccc(/C=N/NC(=O)COc3ccc(CC)cc3)cc2OC)cc1. The van der Waals surface area contributed by atoms with Crippen LogP contribution in [0.25, 0.3) is 0 Å². The van der Waals surface area contributed by atoms with E-state index in [1.54, 1.807) is 42.5 Å². The number of hydrazone groups is 1. The van der Waals surface area contributed by atoms with Crippen LogP contribution >= 0.6 is 0 Å². The molecule has 182 valence electrons. The van der Waals surface area contributed by atoms with E-state index in [1.165, 1.54) is 18.9 Å². The standard InChI is InChI=1S/C27H28N2O6/c1-4-19-6-11-23(12-7-19)34-18-26(30)29-28-17-20-8-15-24(25(16-20)32-3)35-27(31)21-9-13-22(14-10-21)33-5-2/h6-17H,4-5,18H2,1-3H3,(H,29,30)/b28-17+. The highest BCUT2D eigenvalue weighted by molar-refractivity contribution is 5.92. The van der Waals surface area contributed by atoms with Gasteiger partial charge in [-0.15, -0.1) is 0 Å². The molecular weight excluding hydrogens is 448 g/mol. The minimum Gasteiger partial charge on any atom is -0.494 e. The third-order valence-electron chi connectivity index (χ3n) is 4.90. The van der Waals surface area contributed by atoms with Crippen LogP contribution in [0.15, 0.2) is 71.8 Å². The average Bonchev–Trinajstić information content (AvgIpc) is 2.89. The Morgan fingerprint density at radius 2 is 1.57 bits per heavy atom. The Morgan fingerprint density at radius 3 is 2.23 bits per heavy atom. The third kappa shape index (κ3) is 7.60. The average molecular weight is 477 g/mol. The maximum Gasteiger partial charge on any atom is 0.343 e. The molecule has 8 nitrogen and oxygen atoms in total. The van der Waals surface area contributed by atoms with Gasteiger partial charge in [-0.05, 0) is 79.1 Å². The van der Waals surface area contributed by atoms with E-state index in [-0.39, 0.29) is 12.4 Å². The number of esters is 1. The molecule has 3 rings (SSSR count). The Kier molecular flexibility index (Phi) is 9.24. The number of nitrogens with one attached hydrogen (secondary N) is 1. The zero-order valence-corrected chi connectivity index (χ0v) is 19.9. The van der Waals surface area contributed by atoms with Gasteiger partial charge in [0.05, 0.1) is 25.5 Å². The highest BCUT2D eigenvalue weighted by atomic mass is 16.6. The lowest BCUT2D eigenvalue weighted by atomic mass is 10.2. The summed E-state index contributed by atoms with van der Waals surface area (Å²) in [4.78, 5) is 24.5.